The third kappa shape index (κ3) is 3.60. The van der Waals surface area contributed by atoms with Crippen LogP contribution in [-0.4, -0.2) is 28.9 Å². The number of hydrogen-bond donors (Lipinski definition) is 1. The molecule has 0 spiro atoms. The maximum absolute atomic E-state index is 11.9. The zero-order chi connectivity index (χ0) is 15.3. The standard InChI is InChI=1S/C13H18ClN3O3/c1-5-6-17-12(18)10(14)9(7-15-17)16-11(8(2)3)13(19)20-4/h5,7-8,11,16H,1,6H2,2-4H3. The first-order valence-corrected chi connectivity index (χ1v) is 6.51. The summed E-state index contributed by atoms with van der Waals surface area (Å²) in [5, 5.41) is 6.84. The number of carbonyl (C=O) groups excluding carboxylic acids is 1. The molecule has 0 saturated heterocycles. The van der Waals surface area contributed by atoms with E-state index in [0.29, 0.717) is 5.69 Å². The number of methoxy groups -OCH3 is 1. The van der Waals surface area contributed by atoms with Crippen molar-refractivity contribution in [3.63, 3.8) is 0 Å². The van der Waals surface area contributed by atoms with E-state index in [4.69, 9.17) is 16.3 Å². The molecule has 0 aliphatic carbocycles. The molecule has 6 nitrogen and oxygen atoms in total. The average molecular weight is 300 g/mol. The topological polar surface area (TPSA) is 73.2 Å². The number of anilines is 1. The average Bonchev–Trinajstić information content (AvgIpc) is 2.42. The number of aromatic nitrogens is 2. The normalized spacial score (nSPS) is 12.1. The van der Waals surface area contributed by atoms with Crippen molar-refractivity contribution in [2.75, 3.05) is 12.4 Å². The Morgan fingerprint density at radius 1 is 1.65 bits per heavy atom. The lowest BCUT2D eigenvalue weighted by atomic mass is 10.0. The molecule has 1 rings (SSSR count). The fourth-order valence-electron chi connectivity index (χ4n) is 1.61. The van der Waals surface area contributed by atoms with Crippen molar-refractivity contribution in [3.8, 4) is 0 Å². The van der Waals surface area contributed by atoms with Gasteiger partial charge in [-0.2, -0.15) is 5.10 Å². The van der Waals surface area contributed by atoms with Crippen molar-refractivity contribution in [1.29, 1.82) is 0 Å². The fourth-order valence-corrected chi connectivity index (χ4v) is 1.81. The number of halogens is 1. The third-order valence-corrected chi connectivity index (χ3v) is 3.08. The Bertz CT molecular complexity index is 554. The Balaban J connectivity index is 3.08. The Kier molecular flexibility index (Phi) is 5.76. The lowest BCUT2D eigenvalue weighted by Crippen LogP contribution is -2.36. The van der Waals surface area contributed by atoms with Crippen LogP contribution in [0.4, 0.5) is 5.69 Å². The first kappa shape index (κ1) is 16.2. The number of hydrogen-bond acceptors (Lipinski definition) is 5. The zero-order valence-electron chi connectivity index (χ0n) is 11.7. The highest BCUT2D eigenvalue weighted by molar-refractivity contribution is 6.33. The van der Waals surface area contributed by atoms with Crippen LogP contribution < -0.4 is 10.9 Å². The summed E-state index contributed by atoms with van der Waals surface area (Å²) in [7, 11) is 1.31. The number of ether oxygens (including phenoxy) is 1. The highest BCUT2D eigenvalue weighted by Gasteiger charge is 2.24. The van der Waals surface area contributed by atoms with Gasteiger partial charge in [-0.1, -0.05) is 31.5 Å². The van der Waals surface area contributed by atoms with Crippen molar-refractivity contribution < 1.29 is 9.53 Å². The number of allylic oxidation sites excluding steroid dienone is 1. The molecular weight excluding hydrogens is 282 g/mol. The molecule has 0 radical (unpaired) electrons. The van der Waals surface area contributed by atoms with Crippen LogP contribution in [0.15, 0.2) is 23.6 Å². The first-order valence-electron chi connectivity index (χ1n) is 6.13. The Labute approximate surface area is 122 Å². The predicted molar refractivity (Wildman–Crippen MR) is 78.0 cm³/mol. The molecule has 1 atom stereocenters. The molecule has 1 N–H and O–H groups in total. The summed E-state index contributed by atoms with van der Waals surface area (Å²) in [4.78, 5) is 23.6. The van der Waals surface area contributed by atoms with E-state index in [1.54, 1.807) is 6.08 Å². The minimum atomic E-state index is -0.603. The fraction of sp³-hybridized carbons (Fsp3) is 0.462. The van der Waals surface area contributed by atoms with Gasteiger partial charge < -0.3 is 10.1 Å². The van der Waals surface area contributed by atoms with E-state index in [0.717, 1.165) is 0 Å². The molecule has 7 heteroatoms. The molecule has 0 aromatic carbocycles. The molecule has 1 aromatic heterocycles. The van der Waals surface area contributed by atoms with Crippen LogP contribution in [0.1, 0.15) is 13.8 Å². The smallest absolute Gasteiger partial charge is 0.328 e. The second-order valence-corrected chi connectivity index (χ2v) is 4.92. The van der Waals surface area contributed by atoms with E-state index in [9.17, 15) is 9.59 Å². The van der Waals surface area contributed by atoms with Crippen LogP contribution in [0.3, 0.4) is 0 Å². The highest BCUT2D eigenvalue weighted by Crippen LogP contribution is 2.19. The lowest BCUT2D eigenvalue weighted by Gasteiger charge is -2.21. The molecule has 110 valence electrons. The summed E-state index contributed by atoms with van der Waals surface area (Å²) in [6.45, 7) is 7.51. The lowest BCUT2D eigenvalue weighted by molar-refractivity contribution is -0.142. The molecule has 1 aromatic rings. The minimum absolute atomic E-state index is 0.0172. The van der Waals surface area contributed by atoms with E-state index < -0.39 is 17.6 Å². The molecule has 0 amide bonds. The van der Waals surface area contributed by atoms with Crippen molar-refractivity contribution in [1.82, 2.24) is 9.78 Å². The van der Waals surface area contributed by atoms with Gasteiger partial charge in [0.2, 0.25) is 0 Å². The van der Waals surface area contributed by atoms with E-state index in [1.165, 1.54) is 18.0 Å². The molecule has 20 heavy (non-hydrogen) atoms. The number of nitrogens with zero attached hydrogens (tertiary/aromatic N) is 2. The molecule has 0 fully saturated rings. The molecule has 1 unspecified atom stereocenters. The zero-order valence-corrected chi connectivity index (χ0v) is 12.5. The van der Waals surface area contributed by atoms with Crippen LogP contribution in [0.5, 0.6) is 0 Å². The van der Waals surface area contributed by atoms with Crippen molar-refractivity contribution in [2.24, 2.45) is 5.92 Å². The molecular formula is C13H18ClN3O3. The second kappa shape index (κ2) is 7.09. The van der Waals surface area contributed by atoms with Crippen LogP contribution in [0.25, 0.3) is 0 Å². The van der Waals surface area contributed by atoms with Crippen LogP contribution >= 0.6 is 11.6 Å². The number of nitrogens with one attached hydrogen (secondary N) is 1. The van der Waals surface area contributed by atoms with Crippen molar-refractivity contribution >= 4 is 23.3 Å². The highest BCUT2D eigenvalue weighted by atomic mass is 35.5. The van der Waals surface area contributed by atoms with Gasteiger partial charge in [0.15, 0.2) is 0 Å². The molecule has 0 aliphatic heterocycles. The summed E-state index contributed by atoms with van der Waals surface area (Å²) < 4.78 is 5.90. The van der Waals surface area contributed by atoms with Crippen molar-refractivity contribution in [3.05, 3.63) is 34.2 Å². The maximum atomic E-state index is 11.9. The molecule has 1 heterocycles. The summed E-state index contributed by atoms with van der Waals surface area (Å²) in [6, 6.07) is -0.603. The van der Waals surface area contributed by atoms with Crippen LogP contribution in [0, 0.1) is 5.92 Å². The summed E-state index contributed by atoms with van der Waals surface area (Å²) >= 11 is 6.01. The number of rotatable bonds is 6. The predicted octanol–water partition coefficient (Wildman–Crippen LogP) is 1.69. The molecule has 0 bridgehead atoms. The summed E-state index contributed by atoms with van der Waals surface area (Å²) in [6.07, 6.45) is 2.95. The van der Waals surface area contributed by atoms with Gasteiger partial charge in [-0.15, -0.1) is 6.58 Å². The minimum Gasteiger partial charge on any atom is -0.467 e. The SMILES string of the molecule is C=CCn1ncc(NC(C(=O)OC)C(C)C)c(Cl)c1=O. The largest absolute Gasteiger partial charge is 0.467 e. The molecule has 0 saturated carbocycles. The Hall–Kier alpha value is -1.82. The Morgan fingerprint density at radius 2 is 2.30 bits per heavy atom. The summed E-state index contributed by atoms with van der Waals surface area (Å²) in [5.41, 5.74) is -0.134. The van der Waals surface area contributed by atoms with E-state index >= 15 is 0 Å². The van der Waals surface area contributed by atoms with Gasteiger partial charge >= 0.3 is 5.97 Å². The van der Waals surface area contributed by atoms with E-state index in [1.807, 2.05) is 13.8 Å². The van der Waals surface area contributed by atoms with Crippen molar-refractivity contribution in [2.45, 2.75) is 26.4 Å². The van der Waals surface area contributed by atoms with Gasteiger partial charge in [-0.3, -0.25) is 4.79 Å². The monoisotopic (exact) mass is 299 g/mol. The summed E-state index contributed by atoms with van der Waals surface area (Å²) in [5.74, 6) is -0.458. The van der Waals surface area contributed by atoms with Gasteiger partial charge in [0.1, 0.15) is 11.1 Å². The quantitative estimate of drug-likeness (QED) is 0.639. The van der Waals surface area contributed by atoms with Crippen LogP contribution in [0.2, 0.25) is 5.02 Å². The van der Waals surface area contributed by atoms with Gasteiger partial charge in [0, 0.05) is 0 Å². The second-order valence-electron chi connectivity index (χ2n) is 4.54. The third-order valence-electron chi connectivity index (χ3n) is 2.72. The Morgan fingerprint density at radius 3 is 2.80 bits per heavy atom. The van der Waals surface area contributed by atoms with Gasteiger partial charge in [0.25, 0.3) is 5.56 Å². The number of esters is 1. The van der Waals surface area contributed by atoms with E-state index in [-0.39, 0.29) is 17.5 Å². The van der Waals surface area contributed by atoms with Gasteiger partial charge in [-0.25, -0.2) is 9.48 Å². The molecule has 0 aliphatic rings. The van der Waals surface area contributed by atoms with Crippen LogP contribution in [-0.2, 0) is 16.1 Å². The maximum Gasteiger partial charge on any atom is 0.328 e. The van der Waals surface area contributed by atoms with Gasteiger partial charge in [-0.05, 0) is 5.92 Å². The number of carbonyl (C=O) groups is 1. The van der Waals surface area contributed by atoms with E-state index in [2.05, 4.69) is 17.0 Å². The van der Waals surface area contributed by atoms with Gasteiger partial charge in [0.05, 0.1) is 25.5 Å². The first-order chi connectivity index (χ1) is 9.42.